The molecule has 8 heteroatoms. The monoisotopic (exact) mass is 355 g/mol. The van der Waals surface area contributed by atoms with Gasteiger partial charge in [-0.1, -0.05) is 11.6 Å². The van der Waals surface area contributed by atoms with Crippen molar-refractivity contribution in [1.82, 2.24) is 10.4 Å². The number of nitrogen functional groups attached to an aromatic ring is 1. The Hall–Kier alpha value is -1.99. The summed E-state index contributed by atoms with van der Waals surface area (Å²) in [6.45, 7) is 3.31. The fraction of sp³-hybridized carbons (Fsp3) is 0.500. The van der Waals surface area contributed by atoms with E-state index in [1.807, 2.05) is 0 Å². The second-order valence-electron chi connectivity index (χ2n) is 5.53. The molecule has 0 atom stereocenters. The molecule has 1 fully saturated rings. The third-order valence-corrected chi connectivity index (χ3v) is 4.27. The number of hydrogen-bond donors (Lipinski definition) is 2. The van der Waals surface area contributed by atoms with Gasteiger partial charge in [-0.25, -0.2) is 5.01 Å². The standard InChI is InChI=1S/C16H22ClN3O4/c1-3-24-16(22)10-4-6-20(7-5-10)19-15(21)11-8-12(17)13(18)9-14(11)23-2/h8-10H,3-7,18H2,1-2H3,(H,19,21). The number of methoxy groups -OCH3 is 1. The largest absolute Gasteiger partial charge is 0.496 e. The van der Waals surface area contributed by atoms with Crippen LogP contribution in [0.15, 0.2) is 12.1 Å². The van der Waals surface area contributed by atoms with Crippen LogP contribution in [0.3, 0.4) is 0 Å². The van der Waals surface area contributed by atoms with Gasteiger partial charge in [0.15, 0.2) is 0 Å². The van der Waals surface area contributed by atoms with Gasteiger partial charge in [0.2, 0.25) is 0 Å². The lowest BCUT2D eigenvalue weighted by atomic mass is 9.98. The summed E-state index contributed by atoms with van der Waals surface area (Å²) >= 11 is 5.99. The number of hydrazine groups is 1. The molecular weight excluding hydrogens is 334 g/mol. The van der Waals surface area contributed by atoms with Crippen molar-refractivity contribution in [3.05, 3.63) is 22.7 Å². The molecule has 1 heterocycles. The number of nitrogens with zero attached hydrogens (tertiary/aromatic N) is 1. The van der Waals surface area contributed by atoms with E-state index in [0.717, 1.165) is 0 Å². The quantitative estimate of drug-likeness (QED) is 0.618. The van der Waals surface area contributed by atoms with Gasteiger partial charge in [0, 0.05) is 19.2 Å². The number of nitrogens with two attached hydrogens (primary N) is 1. The zero-order chi connectivity index (χ0) is 17.7. The van der Waals surface area contributed by atoms with Crippen LogP contribution in [-0.2, 0) is 9.53 Å². The van der Waals surface area contributed by atoms with E-state index in [1.54, 1.807) is 11.9 Å². The molecule has 132 valence electrons. The predicted octanol–water partition coefficient (Wildman–Crippen LogP) is 1.85. The molecule has 0 saturated carbocycles. The smallest absolute Gasteiger partial charge is 0.309 e. The van der Waals surface area contributed by atoms with Crippen LogP contribution in [0.5, 0.6) is 5.75 Å². The summed E-state index contributed by atoms with van der Waals surface area (Å²) in [5, 5.41) is 2.07. The van der Waals surface area contributed by atoms with Crippen molar-refractivity contribution in [3.8, 4) is 5.75 Å². The summed E-state index contributed by atoms with van der Waals surface area (Å²) in [5.41, 5.74) is 9.19. The van der Waals surface area contributed by atoms with Crippen molar-refractivity contribution in [2.45, 2.75) is 19.8 Å². The molecule has 0 unspecified atom stereocenters. The summed E-state index contributed by atoms with van der Waals surface area (Å²) in [6, 6.07) is 3.00. The van der Waals surface area contributed by atoms with E-state index in [0.29, 0.717) is 54.6 Å². The number of benzene rings is 1. The van der Waals surface area contributed by atoms with Crippen LogP contribution in [0.25, 0.3) is 0 Å². The third kappa shape index (κ3) is 4.30. The van der Waals surface area contributed by atoms with Gasteiger partial charge in [-0.15, -0.1) is 0 Å². The molecule has 0 aliphatic carbocycles. The first-order valence-electron chi connectivity index (χ1n) is 7.81. The summed E-state index contributed by atoms with van der Waals surface area (Å²) in [5.74, 6) is -0.256. The van der Waals surface area contributed by atoms with Gasteiger partial charge in [-0.3, -0.25) is 15.0 Å². The summed E-state index contributed by atoms with van der Waals surface area (Å²) in [4.78, 5) is 24.2. The number of amides is 1. The van der Waals surface area contributed by atoms with E-state index in [4.69, 9.17) is 26.8 Å². The Morgan fingerprint density at radius 3 is 2.62 bits per heavy atom. The maximum absolute atomic E-state index is 12.5. The van der Waals surface area contributed by atoms with E-state index >= 15 is 0 Å². The molecule has 1 aromatic carbocycles. The van der Waals surface area contributed by atoms with E-state index in [1.165, 1.54) is 19.2 Å². The van der Waals surface area contributed by atoms with Crippen molar-refractivity contribution in [3.63, 3.8) is 0 Å². The van der Waals surface area contributed by atoms with Gasteiger partial charge >= 0.3 is 5.97 Å². The van der Waals surface area contributed by atoms with Crippen LogP contribution in [-0.4, -0.2) is 43.7 Å². The second kappa shape index (κ2) is 8.21. The van der Waals surface area contributed by atoms with Crippen LogP contribution in [0.1, 0.15) is 30.1 Å². The zero-order valence-corrected chi connectivity index (χ0v) is 14.6. The highest BCUT2D eigenvalue weighted by atomic mass is 35.5. The number of nitrogens with one attached hydrogen (secondary N) is 1. The van der Waals surface area contributed by atoms with E-state index in [2.05, 4.69) is 5.43 Å². The van der Waals surface area contributed by atoms with Gasteiger partial charge in [0.05, 0.1) is 35.9 Å². The SMILES string of the molecule is CCOC(=O)C1CCN(NC(=O)c2cc(Cl)c(N)cc2OC)CC1. The number of halogens is 1. The van der Waals surface area contributed by atoms with Crippen LogP contribution < -0.4 is 15.9 Å². The molecule has 1 aromatic rings. The topological polar surface area (TPSA) is 93.9 Å². The Morgan fingerprint density at radius 1 is 1.38 bits per heavy atom. The molecular formula is C16H22ClN3O4. The van der Waals surface area contributed by atoms with E-state index in [-0.39, 0.29) is 17.8 Å². The molecule has 1 aliphatic rings. The molecule has 0 aromatic heterocycles. The number of esters is 1. The Bertz CT molecular complexity index is 616. The first-order valence-corrected chi connectivity index (χ1v) is 8.19. The lowest BCUT2D eigenvalue weighted by Crippen LogP contribution is -2.47. The highest BCUT2D eigenvalue weighted by Crippen LogP contribution is 2.29. The number of carbonyl (C=O) groups is 2. The van der Waals surface area contributed by atoms with Gasteiger partial charge in [0.25, 0.3) is 5.91 Å². The van der Waals surface area contributed by atoms with Gasteiger partial charge in [-0.2, -0.15) is 0 Å². The Labute approximate surface area is 146 Å². The lowest BCUT2D eigenvalue weighted by molar-refractivity contribution is -0.149. The Balaban J connectivity index is 1.97. The van der Waals surface area contributed by atoms with Crippen molar-refractivity contribution in [2.75, 3.05) is 32.5 Å². The number of carbonyl (C=O) groups excluding carboxylic acids is 2. The first-order chi connectivity index (χ1) is 11.5. The molecule has 0 radical (unpaired) electrons. The van der Waals surface area contributed by atoms with E-state index < -0.39 is 0 Å². The van der Waals surface area contributed by atoms with Crippen LogP contribution >= 0.6 is 11.6 Å². The van der Waals surface area contributed by atoms with Crippen molar-refractivity contribution in [1.29, 1.82) is 0 Å². The lowest BCUT2D eigenvalue weighted by Gasteiger charge is -2.31. The normalized spacial score (nSPS) is 15.8. The van der Waals surface area contributed by atoms with Gasteiger partial charge in [0.1, 0.15) is 5.75 Å². The fourth-order valence-corrected chi connectivity index (χ4v) is 2.77. The van der Waals surface area contributed by atoms with Crippen LogP contribution in [0.4, 0.5) is 5.69 Å². The molecule has 1 amide bonds. The number of piperidine rings is 1. The number of rotatable bonds is 5. The molecule has 7 nitrogen and oxygen atoms in total. The molecule has 0 spiro atoms. The summed E-state index contributed by atoms with van der Waals surface area (Å²) in [7, 11) is 1.46. The number of hydrogen-bond acceptors (Lipinski definition) is 6. The van der Waals surface area contributed by atoms with Gasteiger partial charge in [-0.05, 0) is 25.8 Å². The number of ether oxygens (including phenoxy) is 2. The maximum Gasteiger partial charge on any atom is 0.309 e. The zero-order valence-electron chi connectivity index (χ0n) is 13.8. The highest BCUT2D eigenvalue weighted by Gasteiger charge is 2.27. The molecule has 0 bridgehead atoms. The van der Waals surface area contributed by atoms with Gasteiger partial charge < -0.3 is 15.2 Å². The molecule has 1 saturated heterocycles. The predicted molar refractivity (Wildman–Crippen MR) is 90.8 cm³/mol. The van der Waals surface area contributed by atoms with E-state index in [9.17, 15) is 9.59 Å². The molecule has 24 heavy (non-hydrogen) atoms. The third-order valence-electron chi connectivity index (χ3n) is 3.94. The highest BCUT2D eigenvalue weighted by molar-refractivity contribution is 6.33. The van der Waals surface area contributed by atoms with Crippen molar-refractivity contribution in [2.24, 2.45) is 5.92 Å². The van der Waals surface area contributed by atoms with Crippen molar-refractivity contribution >= 4 is 29.2 Å². The average Bonchev–Trinajstić information content (AvgIpc) is 2.57. The molecule has 3 N–H and O–H groups in total. The minimum Gasteiger partial charge on any atom is -0.496 e. The Morgan fingerprint density at radius 2 is 2.04 bits per heavy atom. The maximum atomic E-state index is 12.5. The minimum atomic E-state index is -0.330. The Kier molecular flexibility index (Phi) is 6.28. The van der Waals surface area contributed by atoms with Crippen LogP contribution in [0, 0.1) is 5.92 Å². The number of anilines is 1. The molecule has 1 aliphatic heterocycles. The van der Waals surface area contributed by atoms with Crippen LogP contribution in [0.2, 0.25) is 5.02 Å². The fourth-order valence-electron chi connectivity index (χ4n) is 2.61. The first kappa shape index (κ1) is 18.4. The van der Waals surface area contributed by atoms with Crippen molar-refractivity contribution < 1.29 is 19.1 Å². The minimum absolute atomic E-state index is 0.112. The molecule has 2 rings (SSSR count). The average molecular weight is 356 g/mol. The summed E-state index contributed by atoms with van der Waals surface area (Å²) in [6.07, 6.45) is 1.28. The summed E-state index contributed by atoms with van der Waals surface area (Å²) < 4.78 is 10.2. The second-order valence-corrected chi connectivity index (χ2v) is 5.94.